The number of benzene rings is 2. The molecule has 0 bridgehead atoms. The first-order valence-corrected chi connectivity index (χ1v) is 11.8. The molecule has 0 aliphatic rings. The van der Waals surface area contributed by atoms with Gasteiger partial charge in [0.15, 0.2) is 0 Å². The minimum absolute atomic E-state index is 0.0689. The van der Waals surface area contributed by atoms with Crippen LogP contribution >= 0.6 is 0 Å². The van der Waals surface area contributed by atoms with Crippen molar-refractivity contribution in [3.63, 3.8) is 0 Å². The van der Waals surface area contributed by atoms with E-state index in [4.69, 9.17) is 4.74 Å². The van der Waals surface area contributed by atoms with E-state index >= 15 is 0 Å². The van der Waals surface area contributed by atoms with Gasteiger partial charge in [0.1, 0.15) is 5.75 Å². The fourth-order valence-electron chi connectivity index (χ4n) is 3.27. The van der Waals surface area contributed by atoms with E-state index in [0.29, 0.717) is 16.5 Å². The predicted octanol–water partition coefficient (Wildman–Crippen LogP) is 5.77. The third kappa shape index (κ3) is 5.42. The third-order valence-corrected chi connectivity index (χ3v) is 6.53. The second-order valence-corrected chi connectivity index (χ2v) is 10.1. The van der Waals surface area contributed by atoms with Gasteiger partial charge in [0.05, 0.1) is 17.7 Å². The normalized spacial score (nSPS) is 12.7. The van der Waals surface area contributed by atoms with E-state index in [9.17, 15) is 8.42 Å². The van der Waals surface area contributed by atoms with E-state index in [-0.39, 0.29) is 11.8 Å². The number of hydrogen-bond acceptors (Lipinski definition) is 4. The van der Waals surface area contributed by atoms with E-state index in [1.165, 1.54) is 0 Å². The van der Waals surface area contributed by atoms with Gasteiger partial charge in [-0.2, -0.15) is 18.4 Å². The molecule has 0 unspecified atom stereocenters. The molecule has 30 heavy (non-hydrogen) atoms. The molecule has 0 aliphatic carbocycles. The molecule has 0 saturated heterocycles. The van der Waals surface area contributed by atoms with E-state index in [1.54, 1.807) is 14.0 Å². The molecule has 1 N–H and O–H groups in total. The Kier molecular flexibility index (Phi) is 7.70. The number of methoxy groups -OCH3 is 1. The SMILES string of the molecule is COc1ccc(/C(C)=N/NS(=O)(=O)c2c(C(C)C)cc(C(C)C)cc2C(C)C)cc1. The minimum atomic E-state index is -3.83. The highest BCUT2D eigenvalue weighted by molar-refractivity contribution is 7.89. The van der Waals surface area contributed by atoms with Crippen LogP contribution in [0.25, 0.3) is 0 Å². The van der Waals surface area contributed by atoms with Crippen LogP contribution in [0.3, 0.4) is 0 Å². The van der Waals surface area contributed by atoms with Crippen LogP contribution in [0.15, 0.2) is 46.4 Å². The summed E-state index contributed by atoms with van der Waals surface area (Å²) in [5, 5.41) is 4.19. The molecule has 2 aromatic rings. The standard InChI is InChI=1S/C24H34N2O3S/c1-15(2)20-13-22(16(3)4)24(23(14-20)17(5)6)30(27,28)26-25-18(7)19-9-11-21(29-8)12-10-19/h9-17,26H,1-8H3/b25-18+. The lowest BCUT2D eigenvalue weighted by molar-refractivity contribution is 0.415. The summed E-state index contributed by atoms with van der Waals surface area (Å²) in [5.41, 5.74) is 4.21. The predicted molar refractivity (Wildman–Crippen MR) is 124 cm³/mol. The van der Waals surface area contributed by atoms with Crippen molar-refractivity contribution in [2.24, 2.45) is 5.10 Å². The zero-order valence-electron chi connectivity index (χ0n) is 19.3. The van der Waals surface area contributed by atoms with E-state index in [2.05, 4.69) is 23.8 Å². The van der Waals surface area contributed by atoms with Crippen molar-refractivity contribution in [1.29, 1.82) is 0 Å². The molecular formula is C24H34N2O3S. The molecule has 0 atom stereocenters. The molecule has 2 rings (SSSR count). The maximum absolute atomic E-state index is 13.4. The minimum Gasteiger partial charge on any atom is -0.497 e. The zero-order chi connectivity index (χ0) is 22.6. The third-order valence-electron chi connectivity index (χ3n) is 5.19. The summed E-state index contributed by atoms with van der Waals surface area (Å²) in [4.78, 5) is 2.82. The van der Waals surface area contributed by atoms with Gasteiger partial charge in [0, 0.05) is 0 Å². The fourth-order valence-corrected chi connectivity index (χ4v) is 4.83. The van der Waals surface area contributed by atoms with E-state index in [0.717, 1.165) is 28.0 Å². The quantitative estimate of drug-likeness (QED) is 0.427. The summed E-state index contributed by atoms with van der Waals surface area (Å²) in [7, 11) is -2.23. The van der Waals surface area contributed by atoms with E-state index in [1.807, 2.05) is 64.1 Å². The molecule has 0 amide bonds. The summed E-state index contributed by atoms with van der Waals surface area (Å²) in [6.45, 7) is 14.1. The number of hydrazone groups is 1. The van der Waals surface area contributed by atoms with Crippen LogP contribution in [0.5, 0.6) is 5.75 Å². The molecule has 2 aromatic carbocycles. The van der Waals surface area contributed by atoms with Gasteiger partial charge in [-0.25, -0.2) is 0 Å². The van der Waals surface area contributed by atoms with Gasteiger partial charge in [-0.3, -0.25) is 0 Å². The highest BCUT2D eigenvalue weighted by Crippen LogP contribution is 2.35. The fraction of sp³-hybridized carbons (Fsp3) is 0.458. The molecular weight excluding hydrogens is 396 g/mol. The maximum atomic E-state index is 13.4. The number of nitrogens with one attached hydrogen (secondary N) is 1. The highest BCUT2D eigenvalue weighted by atomic mass is 32.2. The zero-order valence-corrected chi connectivity index (χ0v) is 20.1. The number of nitrogens with zero attached hydrogens (tertiary/aromatic N) is 1. The lowest BCUT2D eigenvalue weighted by atomic mass is 9.89. The Balaban J connectivity index is 2.52. The van der Waals surface area contributed by atoms with Crippen LogP contribution in [0.1, 0.15) is 88.5 Å². The van der Waals surface area contributed by atoms with Gasteiger partial charge in [-0.05, 0) is 71.2 Å². The summed E-state index contributed by atoms with van der Waals surface area (Å²) in [6.07, 6.45) is 0. The first-order chi connectivity index (χ1) is 14.0. The smallest absolute Gasteiger partial charge is 0.277 e. The van der Waals surface area contributed by atoms with Crippen molar-refractivity contribution in [2.45, 2.75) is 71.1 Å². The van der Waals surface area contributed by atoms with Gasteiger partial charge in [-0.15, -0.1) is 0 Å². The second kappa shape index (κ2) is 9.65. The maximum Gasteiger partial charge on any atom is 0.277 e. The molecule has 0 aromatic heterocycles. The summed E-state index contributed by atoms with van der Waals surface area (Å²) < 4.78 is 31.9. The van der Waals surface area contributed by atoms with Gasteiger partial charge >= 0.3 is 0 Å². The molecule has 164 valence electrons. The van der Waals surface area contributed by atoms with Crippen molar-refractivity contribution in [3.05, 3.63) is 58.7 Å². The molecule has 0 radical (unpaired) electrons. The van der Waals surface area contributed by atoms with Gasteiger partial charge in [0.2, 0.25) is 0 Å². The monoisotopic (exact) mass is 430 g/mol. The molecule has 0 spiro atoms. The van der Waals surface area contributed by atoms with Crippen LogP contribution in [0, 0.1) is 0 Å². The topological polar surface area (TPSA) is 67.8 Å². The lowest BCUT2D eigenvalue weighted by Crippen LogP contribution is -2.24. The Morgan fingerprint density at radius 3 is 1.80 bits per heavy atom. The Morgan fingerprint density at radius 2 is 1.40 bits per heavy atom. The van der Waals surface area contributed by atoms with Gasteiger partial charge in [0.25, 0.3) is 10.0 Å². The summed E-state index contributed by atoms with van der Waals surface area (Å²) in [5.74, 6) is 1.19. The first kappa shape index (κ1) is 23.9. The molecule has 0 heterocycles. The second-order valence-electron chi connectivity index (χ2n) is 8.51. The lowest BCUT2D eigenvalue weighted by Gasteiger charge is -2.22. The molecule has 0 saturated carbocycles. The molecule has 0 aliphatic heterocycles. The number of ether oxygens (including phenoxy) is 1. The van der Waals surface area contributed by atoms with Crippen molar-refractivity contribution >= 4 is 15.7 Å². The van der Waals surface area contributed by atoms with Crippen LogP contribution in [-0.2, 0) is 10.0 Å². The van der Waals surface area contributed by atoms with Crippen molar-refractivity contribution < 1.29 is 13.2 Å². The van der Waals surface area contributed by atoms with Crippen LogP contribution in [0.2, 0.25) is 0 Å². The Labute approximate surface area is 181 Å². The summed E-state index contributed by atoms with van der Waals surface area (Å²) >= 11 is 0. The Morgan fingerprint density at radius 1 is 0.900 bits per heavy atom. The summed E-state index contributed by atoms with van der Waals surface area (Å²) in [6, 6.07) is 11.4. The van der Waals surface area contributed by atoms with Crippen molar-refractivity contribution in [1.82, 2.24) is 4.83 Å². The van der Waals surface area contributed by atoms with Gasteiger partial charge in [-0.1, -0.05) is 53.7 Å². The van der Waals surface area contributed by atoms with Crippen molar-refractivity contribution in [2.75, 3.05) is 7.11 Å². The largest absolute Gasteiger partial charge is 0.497 e. The molecule has 6 heteroatoms. The van der Waals surface area contributed by atoms with E-state index < -0.39 is 10.0 Å². The molecule has 0 fully saturated rings. The average molecular weight is 431 g/mol. The average Bonchev–Trinajstić information content (AvgIpc) is 2.70. The number of sulfonamides is 1. The van der Waals surface area contributed by atoms with Crippen molar-refractivity contribution in [3.8, 4) is 5.75 Å². The van der Waals surface area contributed by atoms with Crippen LogP contribution in [-0.4, -0.2) is 21.2 Å². The Hall–Kier alpha value is -2.34. The number of rotatable bonds is 8. The number of hydrogen-bond donors (Lipinski definition) is 1. The Bertz CT molecular complexity index is 976. The van der Waals surface area contributed by atoms with Crippen LogP contribution < -0.4 is 9.57 Å². The highest BCUT2D eigenvalue weighted by Gasteiger charge is 2.26. The first-order valence-electron chi connectivity index (χ1n) is 10.4. The van der Waals surface area contributed by atoms with Gasteiger partial charge < -0.3 is 4.74 Å². The van der Waals surface area contributed by atoms with Crippen LogP contribution in [0.4, 0.5) is 0 Å². The molecule has 5 nitrogen and oxygen atoms in total.